The number of rotatable bonds is 4. The molecule has 0 saturated heterocycles. The standard InChI is InChI=1S/C14H13F3N2O3/c15-14(16,17)10-5-9(19(21)22)1-2-11(10)18-12-6-13(12)4-3-8(13)7-20/h1-2,5,7-8,12,18H,3-4,6H2. The summed E-state index contributed by atoms with van der Waals surface area (Å²) >= 11 is 0. The Bertz CT molecular complexity index is 647. The Kier molecular flexibility index (Phi) is 3.15. The number of halogens is 3. The topological polar surface area (TPSA) is 72.2 Å². The van der Waals surface area contributed by atoms with E-state index in [-0.39, 0.29) is 23.1 Å². The van der Waals surface area contributed by atoms with E-state index in [4.69, 9.17) is 0 Å². The molecule has 0 aliphatic heterocycles. The third-order valence-electron chi connectivity index (χ3n) is 4.79. The quantitative estimate of drug-likeness (QED) is 0.525. The largest absolute Gasteiger partial charge is 0.418 e. The zero-order chi connectivity index (χ0) is 16.1. The minimum absolute atomic E-state index is 0.0996. The fourth-order valence-corrected chi connectivity index (χ4v) is 3.28. The predicted octanol–water partition coefficient (Wildman–Crippen LogP) is 3.39. The lowest BCUT2D eigenvalue weighted by Crippen LogP contribution is -2.34. The molecule has 1 aromatic carbocycles. The fraction of sp³-hybridized carbons (Fsp3) is 0.500. The summed E-state index contributed by atoms with van der Waals surface area (Å²) in [5.41, 5.74) is -2.04. The summed E-state index contributed by atoms with van der Waals surface area (Å²) in [5, 5.41) is 13.5. The number of carbonyl (C=O) groups is 1. The van der Waals surface area contributed by atoms with Gasteiger partial charge in [0.1, 0.15) is 6.29 Å². The van der Waals surface area contributed by atoms with Crippen molar-refractivity contribution in [1.29, 1.82) is 0 Å². The van der Waals surface area contributed by atoms with Crippen LogP contribution in [0.15, 0.2) is 18.2 Å². The van der Waals surface area contributed by atoms with Crippen molar-refractivity contribution in [2.75, 3.05) is 5.32 Å². The Hall–Kier alpha value is -2.12. The molecule has 0 radical (unpaired) electrons. The van der Waals surface area contributed by atoms with Crippen LogP contribution in [-0.4, -0.2) is 17.3 Å². The summed E-state index contributed by atoms with van der Waals surface area (Å²) in [6, 6.07) is 2.49. The number of anilines is 1. The minimum Gasteiger partial charge on any atom is -0.381 e. The van der Waals surface area contributed by atoms with E-state index in [2.05, 4.69) is 5.32 Å². The third-order valence-corrected chi connectivity index (χ3v) is 4.79. The van der Waals surface area contributed by atoms with E-state index in [1.807, 2.05) is 0 Å². The lowest BCUT2D eigenvalue weighted by Gasteiger charge is -2.34. The number of alkyl halides is 3. The van der Waals surface area contributed by atoms with Gasteiger partial charge in [-0.15, -0.1) is 0 Å². The lowest BCUT2D eigenvalue weighted by molar-refractivity contribution is -0.385. The van der Waals surface area contributed by atoms with E-state index in [1.54, 1.807) is 0 Å². The van der Waals surface area contributed by atoms with Crippen LogP contribution < -0.4 is 5.32 Å². The molecular weight excluding hydrogens is 301 g/mol. The first-order valence-electron chi connectivity index (χ1n) is 6.85. The molecule has 118 valence electrons. The van der Waals surface area contributed by atoms with Crippen molar-refractivity contribution in [2.24, 2.45) is 11.3 Å². The normalized spacial score (nSPS) is 29.8. The first kappa shape index (κ1) is 14.8. The molecule has 0 heterocycles. The Morgan fingerprint density at radius 1 is 1.41 bits per heavy atom. The summed E-state index contributed by atoms with van der Waals surface area (Å²) in [7, 11) is 0. The van der Waals surface area contributed by atoms with Crippen LogP contribution >= 0.6 is 0 Å². The second kappa shape index (κ2) is 4.69. The van der Waals surface area contributed by atoms with Gasteiger partial charge >= 0.3 is 6.18 Å². The monoisotopic (exact) mass is 314 g/mol. The van der Waals surface area contributed by atoms with Gasteiger partial charge in [-0.05, 0) is 25.3 Å². The molecule has 1 spiro atoms. The maximum absolute atomic E-state index is 13.1. The number of aldehydes is 1. The summed E-state index contributed by atoms with van der Waals surface area (Å²) < 4.78 is 39.2. The fourth-order valence-electron chi connectivity index (χ4n) is 3.28. The van der Waals surface area contributed by atoms with Gasteiger partial charge in [-0.3, -0.25) is 10.1 Å². The van der Waals surface area contributed by atoms with Crippen LogP contribution in [0.5, 0.6) is 0 Å². The number of carbonyl (C=O) groups excluding carboxylic acids is 1. The van der Waals surface area contributed by atoms with Crippen LogP contribution in [0.2, 0.25) is 0 Å². The second-order valence-corrected chi connectivity index (χ2v) is 5.90. The minimum atomic E-state index is -4.68. The summed E-state index contributed by atoms with van der Waals surface area (Å²) in [4.78, 5) is 20.7. The van der Waals surface area contributed by atoms with E-state index in [1.165, 1.54) is 0 Å². The van der Waals surface area contributed by atoms with E-state index < -0.39 is 22.4 Å². The van der Waals surface area contributed by atoms with E-state index in [0.29, 0.717) is 12.5 Å². The molecule has 2 aliphatic carbocycles. The van der Waals surface area contributed by atoms with Crippen LogP contribution in [-0.2, 0) is 11.0 Å². The van der Waals surface area contributed by atoms with Crippen LogP contribution in [0.1, 0.15) is 24.8 Å². The molecule has 2 saturated carbocycles. The highest BCUT2D eigenvalue weighted by molar-refractivity contribution is 5.63. The molecule has 3 rings (SSSR count). The van der Waals surface area contributed by atoms with Gasteiger partial charge in [0.05, 0.1) is 10.5 Å². The smallest absolute Gasteiger partial charge is 0.381 e. The van der Waals surface area contributed by atoms with Gasteiger partial charge in [0.25, 0.3) is 5.69 Å². The highest BCUT2D eigenvalue weighted by Gasteiger charge is 2.64. The van der Waals surface area contributed by atoms with Crippen molar-refractivity contribution in [1.82, 2.24) is 0 Å². The van der Waals surface area contributed by atoms with Crippen LogP contribution in [0.25, 0.3) is 0 Å². The summed E-state index contributed by atoms with van der Waals surface area (Å²) in [6.45, 7) is 0. The van der Waals surface area contributed by atoms with Crippen molar-refractivity contribution < 1.29 is 22.9 Å². The van der Waals surface area contributed by atoms with Crippen molar-refractivity contribution >= 4 is 17.7 Å². The highest BCUT2D eigenvalue weighted by atomic mass is 19.4. The van der Waals surface area contributed by atoms with E-state index >= 15 is 0 Å². The molecule has 2 aliphatic rings. The number of nitrogens with one attached hydrogen (secondary N) is 1. The first-order chi connectivity index (χ1) is 10.3. The number of hydrogen-bond acceptors (Lipinski definition) is 4. The molecule has 3 unspecified atom stereocenters. The van der Waals surface area contributed by atoms with Crippen LogP contribution in [0.4, 0.5) is 24.5 Å². The third kappa shape index (κ3) is 2.22. The molecule has 0 amide bonds. The maximum atomic E-state index is 13.1. The average Bonchev–Trinajstić information content (AvgIpc) is 3.13. The zero-order valence-corrected chi connectivity index (χ0v) is 11.4. The highest BCUT2D eigenvalue weighted by Crippen LogP contribution is 2.64. The number of benzene rings is 1. The van der Waals surface area contributed by atoms with Crippen LogP contribution in [0.3, 0.4) is 0 Å². The molecule has 8 heteroatoms. The molecule has 2 fully saturated rings. The van der Waals surface area contributed by atoms with Crippen molar-refractivity contribution in [3.05, 3.63) is 33.9 Å². The molecule has 0 bridgehead atoms. The molecule has 5 nitrogen and oxygen atoms in total. The predicted molar refractivity (Wildman–Crippen MR) is 71.3 cm³/mol. The molecule has 22 heavy (non-hydrogen) atoms. The second-order valence-electron chi connectivity index (χ2n) is 5.90. The Morgan fingerprint density at radius 3 is 2.64 bits per heavy atom. The Labute approximate surface area is 123 Å². The molecule has 0 aromatic heterocycles. The van der Waals surface area contributed by atoms with Gasteiger partial charge in [0.2, 0.25) is 0 Å². The number of hydrogen-bond donors (Lipinski definition) is 1. The van der Waals surface area contributed by atoms with Crippen molar-refractivity contribution in [2.45, 2.75) is 31.5 Å². The van der Waals surface area contributed by atoms with Gasteiger partial charge in [-0.2, -0.15) is 13.2 Å². The van der Waals surface area contributed by atoms with E-state index in [9.17, 15) is 28.1 Å². The zero-order valence-electron chi connectivity index (χ0n) is 11.4. The van der Waals surface area contributed by atoms with Crippen molar-refractivity contribution in [3.8, 4) is 0 Å². The molecule has 1 aromatic rings. The lowest BCUT2D eigenvalue weighted by atomic mass is 9.70. The number of nitrogens with zero attached hydrogens (tertiary/aromatic N) is 1. The Balaban J connectivity index is 1.85. The maximum Gasteiger partial charge on any atom is 0.418 e. The van der Waals surface area contributed by atoms with Gasteiger partial charge in [0.15, 0.2) is 0 Å². The number of nitro benzene ring substituents is 1. The molecular formula is C14H13F3N2O3. The van der Waals surface area contributed by atoms with Gasteiger partial charge in [-0.25, -0.2) is 0 Å². The van der Waals surface area contributed by atoms with E-state index in [0.717, 1.165) is 31.3 Å². The SMILES string of the molecule is O=CC1CCC12CC2Nc1ccc([N+](=O)[O-])cc1C(F)(F)F. The average molecular weight is 314 g/mol. The number of non-ortho nitro benzene ring substituents is 1. The summed E-state index contributed by atoms with van der Waals surface area (Å²) in [6.07, 6.45) is -1.56. The number of nitro groups is 1. The first-order valence-corrected chi connectivity index (χ1v) is 6.85. The van der Waals surface area contributed by atoms with Crippen LogP contribution in [0, 0.1) is 21.4 Å². The molecule has 1 N–H and O–H groups in total. The Morgan fingerprint density at radius 2 is 2.14 bits per heavy atom. The van der Waals surface area contributed by atoms with Gasteiger partial charge in [0, 0.05) is 35.2 Å². The van der Waals surface area contributed by atoms with Gasteiger partial charge < -0.3 is 10.1 Å². The summed E-state index contributed by atoms with van der Waals surface area (Å²) in [5.74, 6) is -0.0996. The van der Waals surface area contributed by atoms with Crippen molar-refractivity contribution in [3.63, 3.8) is 0 Å². The molecule has 3 atom stereocenters. The van der Waals surface area contributed by atoms with Gasteiger partial charge in [-0.1, -0.05) is 0 Å².